The van der Waals surface area contributed by atoms with Gasteiger partial charge in [0.05, 0.1) is 27.3 Å². The van der Waals surface area contributed by atoms with Gasteiger partial charge >= 0.3 is 0 Å². The molecule has 0 amide bonds. The van der Waals surface area contributed by atoms with E-state index in [1.807, 2.05) is 47.2 Å². The van der Waals surface area contributed by atoms with E-state index in [1.165, 1.54) is 12.1 Å². The standard InChI is InChI=1S/C18H16N4O3/c1-11-16(17(23)12-7-9-13(10-8-12)22(24)25)21-15-6-4-3-5-14(15)20(2)18(21)19-11/h3-10,17,23H,1-2H3. The molecule has 0 saturated heterocycles. The average molecular weight is 336 g/mol. The minimum atomic E-state index is -0.929. The number of fused-ring (bicyclic) bond motifs is 3. The summed E-state index contributed by atoms with van der Waals surface area (Å²) < 4.78 is 3.92. The van der Waals surface area contributed by atoms with Crippen LogP contribution in [0.25, 0.3) is 16.8 Å². The summed E-state index contributed by atoms with van der Waals surface area (Å²) in [6, 6.07) is 13.8. The van der Waals surface area contributed by atoms with Gasteiger partial charge in [-0.25, -0.2) is 4.98 Å². The maximum absolute atomic E-state index is 10.9. The summed E-state index contributed by atoms with van der Waals surface area (Å²) in [5.41, 5.74) is 3.95. The van der Waals surface area contributed by atoms with Crippen molar-refractivity contribution in [3.05, 3.63) is 75.6 Å². The molecule has 1 atom stereocenters. The Morgan fingerprint density at radius 3 is 2.40 bits per heavy atom. The normalized spacial score (nSPS) is 12.8. The van der Waals surface area contributed by atoms with Gasteiger partial charge in [-0.3, -0.25) is 14.5 Å². The number of hydrogen-bond donors (Lipinski definition) is 1. The molecule has 2 aromatic carbocycles. The van der Waals surface area contributed by atoms with Gasteiger partial charge in [0.25, 0.3) is 5.69 Å². The van der Waals surface area contributed by atoms with E-state index in [1.54, 1.807) is 12.1 Å². The molecule has 126 valence electrons. The second-order valence-electron chi connectivity index (χ2n) is 6.02. The first-order chi connectivity index (χ1) is 12.0. The Balaban J connectivity index is 1.92. The Kier molecular flexibility index (Phi) is 3.33. The average Bonchev–Trinajstić information content (AvgIpc) is 3.09. The lowest BCUT2D eigenvalue weighted by Crippen LogP contribution is -2.05. The summed E-state index contributed by atoms with van der Waals surface area (Å²) >= 11 is 0. The molecule has 0 aliphatic rings. The maximum Gasteiger partial charge on any atom is 0.269 e. The third-order valence-corrected chi connectivity index (χ3v) is 4.54. The van der Waals surface area contributed by atoms with Crippen LogP contribution in [0.2, 0.25) is 0 Å². The zero-order valence-corrected chi connectivity index (χ0v) is 13.7. The molecule has 0 saturated carbocycles. The van der Waals surface area contributed by atoms with Crippen LogP contribution in [-0.4, -0.2) is 24.0 Å². The fourth-order valence-electron chi connectivity index (χ4n) is 3.29. The van der Waals surface area contributed by atoms with Gasteiger partial charge in [-0.15, -0.1) is 0 Å². The van der Waals surface area contributed by atoms with Gasteiger partial charge in [-0.1, -0.05) is 12.1 Å². The van der Waals surface area contributed by atoms with Crippen LogP contribution in [0, 0.1) is 17.0 Å². The number of rotatable bonds is 3. The quantitative estimate of drug-likeness (QED) is 0.460. The highest BCUT2D eigenvalue weighted by atomic mass is 16.6. The van der Waals surface area contributed by atoms with E-state index in [0.717, 1.165) is 22.5 Å². The summed E-state index contributed by atoms with van der Waals surface area (Å²) in [5.74, 6) is 0.745. The minimum Gasteiger partial charge on any atom is -0.382 e. The molecule has 7 heteroatoms. The van der Waals surface area contributed by atoms with Crippen molar-refractivity contribution in [3.8, 4) is 0 Å². The zero-order valence-electron chi connectivity index (χ0n) is 13.7. The monoisotopic (exact) mass is 336 g/mol. The van der Waals surface area contributed by atoms with Crippen LogP contribution in [0.3, 0.4) is 0 Å². The highest BCUT2D eigenvalue weighted by Crippen LogP contribution is 2.30. The molecule has 1 unspecified atom stereocenters. The molecule has 1 N–H and O–H groups in total. The van der Waals surface area contributed by atoms with Crippen molar-refractivity contribution >= 4 is 22.5 Å². The molecule has 0 spiro atoms. The number of aryl methyl sites for hydroxylation is 2. The first kappa shape index (κ1) is 15.3. The number of para-hydroxylation sites is 2. The summed E-state index contributed by atoms with van der Waals surface area (Å²) in [4.78, 5) is 15.0. The fourth-order valence-corrected chi connectivity index (χ4v) is 3.29. The predicted molar refractivity (Wildman–Crippen MR) is 93.6 cm³/mol. The number of hydrogen-bond acceptors (Lipinski definition) is 4. The molecular weight excluding hydrogens is 320 g/mol. The topological polar surface area (TPSA) is 85.6 Å². The number of aliphatic hydroxyl groups is 1. The van der Waals surface area contributed by atoms with E-state index in [4.69, 9.17) is 0 Å². The third-order valence-electron chi connectivity index (χ3n) is 4.54. The van der Waals surface area contributed by atoms with E-state index in [9.17, 15) is 15.2 Å². The Morgan fingerprint density at radius 2 is 1.76 bits per heavy atom. The van der Waals surface area contributed by atoms with Crippen LogP contribution in [0.15, 0.2) is 48.5 Å². The second kappa shape index (κ2) is 5.42. The molecule has 2 heterocycles. The molecular formula is C18H16N4O3. The highest BCUT2D eigenvalue weighted by molar-refractivity contribution is 5.81. The number of aliphatic hydroxyl groups excluding tert-OH is 1. The van der Waals surface area contributed by atoms with Gasteiger partial charge in [0.2, 0.25) is 5.78 Å². The van der Waals surface area contributed by atoms with Crippen molar-refractivity contribution in [2.24, 2.45) is 7.05 Å². The van der Waals surface area contributed by atoms with Gasteiger partial charge in [0.1, 0.15) is 6.10 Å². The van der Waals surface area contributed by atoms with Gasteiger partial charge in [-0.2, -0.15) is 0 Å². The number of nitro groups is 1. The highest BCUT2D eigenvalue weighted by Gasteiger charge is 2.23. The largest absolute Gasteiger partial charge is 0.382 e. The first-order valence-corrected chi connectivity index (χ1v) is 7.84. The van der Waals surface area contributed by atoms with E-state index < -0.39 is 11.0 Å². The molecule has 0 bridgehead atoms. The lowest BCUT2D eigenvalue weighted by atomic mass is 10.0. The molecule has 0 radical (unpaired) electrons. The second-order valence-corrected chi connectivity index (χ2v) is 6.02. The molecule has 0 aliphatic heterocycles. The van der Waals surface area contributed by atoms with E-state index in [0.29, 0.717) is 11.3 Å². The van der Waals surface area contributed by atoms with Gasteiger partial charge in [-0.05, 0) is 36.8 Å². The smallest absolute Gasteiger partial charge is 0.269 e. The Hall–Kier alpha value is -3.19. The van der Waals surface area contributed by atoms with Crippen LogP contribution in [-0.2, 0) is 7.05 Å². The van der Waals surface area contributed by atoms with Gasteiger partial charge in [0, 0.05) is 19.2 Å². The maximum atomic E-state index is 10.9. The number of nitrogens with zero attached hydrogens (tertiary/aromatic N) is 4. The first-order valence-electron chi connectivity index (χ1n) is 7.84. The molecule has 2 aromatic heterocycles. The predicted octanol–water partition coefficient (Wildman–Crippen LogP) is 3.12. The zero-order chi connectivity index (χ0) is 17.7. The lowest BCUT2D eigenvalue weighted by molar-refractivity contribution is -0.384. The van der Waals surface area contributed by atoms with Crippen molar-refractivity contribution in [2.45, 2.75) is 13.0 Å². The van der Waals surface area contributed by atoms with E-state index in [-0.39, 0.29) is 5.69 Å². The summed E-state index contributed by atoms with van der Waals surface area (Å²) in [5, 5.41) is 21.7. The Morgan fingerprint density at radius 1 is 1.12 bits per heavy atom. The SMILES string of the molecule is Cc1nc2n(C)c3ccccc3n2c1C(O)c1ccc([N+](=O)[O-])cc1. The molecule has 4 rings (SSSR count). The van der Waals surface area contributed by atoms with Crippen molar-refractivity contribution in [2.75, 3.05) is 0 Å². The van der Waals surface area contributed by atoms with Crippen LogP contribution < -0.4 is 0 Å². The fraction of sp³-hybridized carbons (Fsp3) is 0.167. The van der Waals surface area contributed by atoms with Crippen LogP contribution >= 0.6 is 0 Å². The summed E-state index contributed by atoms with van der Waals surface area (Å²) in [7, 11) is 1.94. The van der Waals surface area contributed by atoms with Crippen molar-refractivity contribution in [1.29, 1.82) is 0 Å². The van der Waals surface area contributed by atoms with Crippen LogP contribution in [0.4, 0.5) is 5.69 Å². The van der Waals surface area contributed by atoms with Crippen LogP contribution in [0.1, 0.15) is 23.1 Å². The number of benzene rings is 2. The van der Waals surface area contributed by atoms with Gasteiger partial charge < -0.3 is 9.67 Å². The molecule has 4 aromatic rings. The van der Waals surface area contributed by atoms with Gasteiger partial charge in [0.15, 0.2) is 0 Å². The summed E-state index contributed by atoms with van der Waals surface area (Å²) in [6.45, 7) is 1.85. The summed E-state index contributed by atoms with van der Waals surface area (Å²) in [6.07, 6.45) is -0.929. The number of aromatic nitrogens is 3. The Bertz CT molecular complexity index is 1110. The molecule has 7 nitrogen and oxygen atoms in total. The van der Waals surface area contributed by atoms with E-state index in [2.05, 4.69) is 4.98 Å². The van der Waals surface area contributed by atoms with Crippen LogP contribution in [0.5, 0.6) is 0 Å². The minimum absolute atomic E-state index is 0.00346. The van der Waals surface area contributed by atoms with Crippen molar-refractivity contribution < 1.29 is 10.0 Å². The molecule has 25 heavy (non-hydrogen) atoms. The molecule has 0 fully saturated rings. The Labute approximate surface area is 142 Å². The molecule has 0 aliphatic carbocycles. The number of imidazole rings is 2. The third kappa shape index (κ3) is 2.20. The van der Waals surface area contributed by atoms with E-state index >= 15 is 0 Å². The van der Waals surface area contributed by atoms with Crippen molar-refractivity contribution in [3.63, 3.8) is 0 Å². The van der Waals surface area contributed by atoms with Crippen molar-refractivity contribution in [1.82, 2.24) is 14.0 Å². The lowest BCUT2D eigenvalue weighted by Gasteiger charge is -2.12. The number of nitro benzene ring substituents is 1. The number of non-ortho nitro benzene ring substituents is 1.